The third kappa shape index (κ3) is 8.70. The fraction of sp³-hybridized carbons (Fsp3) is 0.0345. The van der Waals surface area contributed by atoms with E-state index in [0.717, 1.165) is 78.0 Å². The second-order valence-corrected chi connectivity index (χ2v) is 16.3. The van der Waals surface area contributed by atoms with Gasteiger partial charge in [0.25, 0.3) is 0 Å². The topological polar surface area (TPSA) is 67.1 Å². The van der Waals surface area contributed by atoms with Crippen LogP contribution in [0.2, 0.25) is 0 Å². The second-order valence-electron chi connectivity index (χ2n) is 16.3. The van der Waals surface area contributed by atoms with Crippen molar-refractivity contribution >= 4 is 66.5 Å². The maximum atomic E-state index is 6.26. The standard InChI is InChI=1S/C31H21N4O.C27H19N4O.2Pt/c1-33-21-34(29-14-6-5-13-28(29)33)23-11-7-12-24(19-23)36-25-16-17-27-26(20-25)31-30(15-8-18-32-31)35(27)22-9-3-2-4-10-22;1-29-15-16-30(19-29)20-7-6-8-21(17-20)32-22-12-13-24-23-9-2-3-10-25(23)31(26(24)18-22)27-11-4-5-14-28-27;;/h2-18,21H,1H3;2-16,19H,1H3;;/q2*-3;;. The van der Waals surface area contributed by atoms with Crippen LogP contribution in [0.1, 0.15) is 0 Å². The number of para-hydroxylation sites is 4. The van der Waals surface area contributed by atoms with E-state index in [4.69, 9.17) is 9.47 Å². The minimum atomic E-state index is 0. The largest absolute Gasteiger partial charge is 0.510 e. The van der Waals surface area contributed by atoms with E-state index in [9.17, 15) is 0 Å². The van der Waals surface area contributed by atoms with Crippen molar-refractivity contribution < 1.29 is 51.6 Å². The molecular formula is C58H40N8O2Pt2-6. The Bertz CT molecular complexity index is 3670. The minimum Gasteiger partial charge on any atom is -0.510 e. The van der Waals surface area contributed by atoms with Crippen LogP contribution in [0.5, 0.6) is 23.0 Å². The molecule has 0 aliphatic carbocycles. The smallest absolute Gasteiger partial charge is 0.135 e. The number of benzene rings is 7. The van der Waals surface area contributed by atoms with E-state index < -0.39 is 0 Å². The van der Waals surface area contributed by atoms with Crippen molar-refractivity contribution in [3.63, 3.8) is 0 Å². The molecule has 0 fully saturated rings. The molecule has 0 saturated carbocycles. The number of anilines is 4. The summed E-state index contributed by atoms with van der Waals surface area (Å²) in [6.07, 6.45) is 7.59. The quantitative estimate of drug-likeness (QED) is 0.139. The Morgan fingerprint density at radius 3 is 1.93 bits per heavy atom. The monoisotopic (exact) mass is 1270 g/mol. The van der Waals surface area contributed by atoms with Crippen LogP contribution in [-0.2, 0) is 42.1 Å². The number of hydrogen-bond donors (Lipinski definition) is 0. The molecule has 2 aliphatic heterocycles. The van der Waals surface area contributed by atoms with Gasteiger partial charge < -0.3 is 43.2 Å². The summed E-state index contributed by atoms with van der Waals surface area (Å²) in [7, 11) is 4.03. The number of rotatable bonds is 8. The number of hydrogen-bond acceptors (Lipinski definition) is 8. The van der Waals surface area contributed by atoms with Gasteiger partial charge in [-0.05, 0) is 92.0 Å². The van der Waals surface area contributed by atoms with Gasteiger partial charge in [0.15, 0.2) is 0 Å². The summed E-state index contributed by atoms with van der Waals surface area (Å²) in [5.74, 6) is 3.36. The maximum Gasteiger partial charge on any atom is 0.135 e. The number of ether oxygens (including phenoxy) is 2. The van der Waals surface area contributed by atoms with Gasteiger partial charge in [-0.25, -0.2) is 4.98 Å². The van der Waals surface area contributed by atoms with Gasteiger partial charge in [-0.3, -0.25) is 0 Å². The van der Waals surface area contributed by atoms with E-state index in [-0.39, 0.29) is 42.1 Å². The van der Waals surface area contributed by atoms with E-state index in [0.29, 0.717) is 23.0 Å². The molecule has 0 N–H and O–H groups in total. The van der Waals surface area contributed by atoms with Crippen LogP contribution in [0.25, 0.3) is 55.2 Å². The molecule has 70 heavy (non-hydrogen) atoms. The van der Waals surface area contributed by atoms with Crippen molar-refractivity contribution in [3.05, 3.63) is 232 Å². The van der Waals surface area contributed by atoms with Crippen molar-refractivity contribution in [1.82, 2.24) is 24.0 Å². The van der Waals surface area contributed by atoms with Crippen LogP contribution in [0.4, 0.5) is 22.7 Å². The van der Waals surface area contributed by atoms with Crippen molar-refractivity contribution in [3.8, 4) is 34.5 Å². The molecule has 0 atom stereocenters. The summed E-state index contributed by atoms with van der Waals surface area (Å²) in [6, 6.07) is 70.4. The average Bonchev–Trinajstić information content (AvgIpc) is 4.15. The maximum absolute atomic E-state index is 6.26. The van der Waals surface area contributed by atoms with E-state index in [1.165, 1.54) is 0 Å². The zero-order valence-electron chi connectivity index (χ0n) is 37.7. The van der Waals surface area contributed by atoms with Gasteiger partial charge in [-0.1, -0.05) is 77.6 Å². The van der Waals surface area contributed by atoms with Crippen LogP contribution < -0.4 is 24.2 Å². The fourth-order valence-electron chi connectivity index (χ4n) is 8.87. The summed E-state index contributed by atoms with van der Waals surface area (Å²) in [5.41, 5.74) is 10.1. The van der Waals surface area contributed by atoms with Crippen LogP contribution in [-0.4, -0.2) is 38.1 Å². The minimum absolute atomic E-state index is 0. The fourth-order valence-corrected chi connectivity index (χ4v) is 8.87. The Morgan fingerprint density at radius 2 is 1.14 bits per heavy atom. The molecule has 4 aromatic heterocycles. The van der Waals surface area contributed by atoms with Crippen LogP contribution in [0.3, 0.4) is 0 Å². The first-order valence-corrected chi connectivity index (χ1v) is 22.2. The molecule has 13 rings (SSSR count). The SMILES string of the molecule is CN1C=CN(c2[c-]c(Oc3[c-]c4c(cc3)c3ccccc3n4-c3ccccn3)ccc2)[CH-]1.CN1[CH-]N(c2[c-]c(Oc3[c-]c4c5ncccc5n(-c5ccccc5)c4cc3)ccc2)c2ccccc21.[Pt].[Pt]. The molecule has 2 aliphatic rings. The van der Waals surface area contributed by atoms with Crippen LogP contribution in [0, 0.1) is 37.6 Å². The normalized spacial score (nSPS) is 12.8. The average molecular weight is 1270 g/mol. The summed E-state index contributed by atoms with van der Waals surface area (Å²) < 4.78 is 16.8. The van der Waals surface area contributed by atoms with Gasteiger partial charge in [0.1, 0.15) is 5.82 Å². The molecular weight excluding hydrogens is 1230 g/mol. The summed E-state index contributed by atoms with van der Waals surface area (Å²) in [5, 5.41) is 3.19. The van der Waals surface area contributed by atoms with Gasteiger partial charge in [0.2, 0.25) is 0 Å². The zero-order valence-corrected chi connectivity index (χ0v) is 42.2. The van der Waals surface area contributed by atoms with Gasteiger partial charge in [0, 0.05) is 111 Å². The molecule has 11 aromatic rings. The first kappa shape index (κ1) is 46.1. The number of nitrogens with zero attached hydrogens (tertiary/aromatic N) is 8. The van der Waals surface area contributed by atoms with Crippen molar-refractivity contribution in [2.45, 2.75) is 0 Å². The van der Waals surface area contributed by atoms with Crippen LogP contribution in [0.15, 0.2) is 195 Å². The predicted octanol–water partition coefficient (Wildman–Crippen LogP) is 13.2. The third-order valence-electron chi connectivity index (χ3n) is 11.9. The van der Waals surface area contributed by atoms with E-state index in [2.05, 4.69) is 120 Å². The second kappa shape index (κ2) is 19.8. The summed E-state index contributed by atoms with van der Waals surface area (Å²) >= 11 is 0. The number of pyridine rings is 2. The molecule has 0 radical (unpaired) electrons. The van der Waals surface area contributed by atoms with Crippen molar-refractivity contribution in [2.75, 3.05) is 28.8 Å². The number of aromatic nitrogens is 4. The Kier molecular flexibility index (Phi) is 13.0. The molecule has 0 bridgehead atoms. The van der Waals surface area contributed by atoms with Gasteiger partial charge in [0.05, 0.1) is 0 Å². The molecule has 350 valence electrons. The third-order valence-corrected chi connectivity index (χ3v) is 11.9. The van der Waals surface area contributed by atoms with Gasteiger partial charge in [-0.15, -0.1) is 71.4 Å². The summed E-state index contributed by atoms with van der Waals surface area (Å²) in [4.78, 5) is 17.4. The first-order chi connectivity index (χ1) is 33.5. The molecule has 12 heteroatoms. The zero-order chi connectivity index (χ0) is 45.6. The Morgan fingerprint density at radius 1 is 0.471 bits per heavy atom. The molecule has 6 heterocycles. The Balaban J connectivity index is 0.000000159. The first-order valence-electron chi connectivity index (χ1n) is 22.2. The Hall–Kier alpha value is -7.64. The molecule has 7 aromatic carbocycles. The summed E-state index contributed by atoms with van der Waals surface area (Å²) in [6.45, 7) is 4.04. The van der Waals surface area contributed by atoms with Crippen LogP contribution >= 0.6 is 0 Å². The molecule has 0 unspecified atom stereocenters. The Labute approximate surface area is 434 Å². The van der Waals surface area contributed by atoms with E-state index in [1.807, 2.05) is 158 Å². The molecule has 0 spiro atoms. The number of fused-ring (bicyclic) bond motifs is 7. The van der Waals surface area contributed by atoms with Crippen molar-refractivity contribution in [2.24, 2.45) is 0 Å². The van der Waals surface area contributed by atoms with Gasteiger partial charge in [-0.2, -0.15) is 31.5 Å². The van der Waals surface area contributed by atoms with E-state index in [1.54, 1.807) is 6.20 Å². The molecule has 0 saturated heterocycles. The van der Waals surface area contributed by atoms with E-state index >= 15 is 0 Å². The van der Waals surface area contributed by atoms with Gasteiger partial charge >= 0.3 is 0 Å². The predicted molar refractivity (Wildman–Crippen MR) is 270 cm³/mol. The molecule has 0 amide bonds. The molecule has 10 nitrogen and oxygen atoms in total. The van der Waals surface area contributed by atoms with Crippen molar-refractivity contribution in [1.29, 1.82) is 0 Å².